The first-order chi connectivity index (χ1) is 13.2. The van der Waals surface area contributed by atoms with E-state index >= 15 is 0 Å². The Balaban J connectivity index is 1.37. The maximum atomic E-state index is 12.3. The molecule has 9 nitrogen and oxygen atoms in total. The number of aryl methyl sites for hydroxylation is 1. The van der Waals surface area contributed by atoms with Gasteiger partial charge in [-0.25, -0.2) is 0 Å². The lowest BCUT2D eigenvalue weighted by molar-refractivity contribution is -0.135. The van der Waals surface area contributed by atoms with Crippen molar-refractivity contribution < 1.29 is 19.0 Å². The van der Waals surface area contributed by atoms with Crippen molar-refractivity contribution in [2.24, 2.45) is 0 Å². The topological polar surface area (TPSA) is 107 Å². The number of nitrogens with zero attached hydrogens (tertiary/aromatic N) is 3. The molecule has 2 aliphatic rings. The summed E-state index contributed by atoms with van der Waals surface area (Å²) in [5, 5.41) is 8.12. The van der Waals surface area contributed by atoms with Crippen LogP contribution in [0.3, 0.4) is 0 Å². The van der Waals surface area contributed by atoms with Gasteiger partial charge in [0.05, 0.1) is 13.2 Å². The van der Waals surface area contributed by atoms with Gasteiger partial charge < -0.3 is 24.1 Å². The molecular weight excluding hydrogens is 352 g/mol. The number of benzene rings is 1. The Morgan fingerprint density at radius 3 is 2.78 bits per heavy atom. The van der Waals surface area contributed by atoms with Crippen molar-refractivity contribution in [1.82, 2.24) is 20.1 Å². The van der Waals surface area contributed by atoms with Gasteiger partial charge in [0.15, 0.2) is 11.5 Å². The van der Waals surface area contributed by atoms with Gasteiger partial charge in [-0.15, -0.1) is 10.2 Å². The average Bonchev–Trinajstić information content (AvgIpc) is 3.16. The zero-order valence-corrected chi connectivity index (χ0v) is 14.8. The minimum Gasteiger partial charge on any atom is -0.454 e. The van der Waals surface area contributed by atoms with Crippen LogP contribution in [0.5, 0.6) is 11.5 Å². The minimum absolute atomic E-state index is 0.00364. The Bertz CT molecular complexity index is 892. The van der Waals surface area contributed by atoms with E-state index in [1.54, 1.807) is 4.90 Å². The average molecular weight is 372 g/mol. The number of nitrogens with one attached hydrogen (secondary N) is 1. The van der Waals surface area contributed by atoms with Gasteiger partial charge in [0.25, 0.3) is 5.56 Å². The molecule has 2 aromatic rings. The molecular formula is C18H20N4O5. The molecule has 1 aromatic heterocycles. The van der Waals surface area contributed by atoms with E-state index in [0.29, 0.717) is 50.0 Å². The molecule has 0 unspecified atom stereocenters. The molecule has 0 saturated carbocycles. The number of H-pyrrole nitrogens is 1. The van der Waals surface area contributed by atoms with Crippen molar-refractivity contribution in [3.8, 4) is 11.5 Å². The molecule has 9 heteroatoms. The monoisotopic (exact) mass is 372 g/mol. The second-order valence-electron chi connectivity index (χ2n) is 6.41. The third kappa shape index (κ3) is 4.08. The van der Waals surface area contributed by atoms with E-state index in [2.05, 4.69) is 15.2 Å². The smallest absolute Gasteiger partial charge is 0.272 e. The molecule has 1 saturated heterocycles. The summed E-state index contributed by atoms with van der Waals surface area (Å²) in [7, 11) is 0. The third-order valence-electron chi connectivity index (χ3n) is 4.56. The normalized spacial score (nSPS) is 15.8. The lowest BCUT2D eigenvalue weighted by atomic mass is 10.1. The molecule has 1 fully saturated rings. The van der Waals surface area contributed by atoms with Crippen LogP contribution in [0.2, 0.25) is 0 Å². The summed E-state index contributed by atoms with van der Waals surface area (Å²) in [6, 6.07) is 5.58. The molecule has 27 heavy (non-hydrogen) atoms. The van der Waals surface area contributed by atoms with Crippen LogP contribution < -0.4 is 15.0 Å². The molecule has 1 aromatic carbocycles. The van der Waals surface area contributed by atoms with Crippen LogP contribution in [0.15, 0.2) is 23.0 Å². The number of aromatic amines is 1. The fourth-order valence-electron chi connectivity index (χ4n) is 3.08. The molecule has 1 amide bonds. The number of aromatic nitrogens is 3. The van der Waals surface area contributed by atoms with E-state index in [4.69, 9.17) is 14.2 Å². The SMILES string of the molecule is O=C(CCc1nnc(Cc2ccc3c(c2)OCO3)[nH]c1=O)N1CCOCC1. The van der Waals surface area contributed by atoms with E-state index in [1.165, 1.54) is 0 Å². The maximum absolute atomic E-state index is 12.3. The number of fused-ring (bicyclic) bond motifs is 1. The highest BCUT2D eigenvalue weighted by molar-refractivity contribution is 5.76. The van der Waals surface area contributed by atoms with Gasteiger partial charge >= 0.3 is 0 Å². The molecule has 0 atom stereocenters. The Labute approximate surface area is 155 Å². The zero-order chi connectivity index (χ0) is 18.6. The fraction of sp³-hybridized carbons (Fsp3) is 0.444. The molecule has 2 aliphatic heterocycles. The second kappa shape index (κ2) is 7.75. The number of hydrogen-bond donors (Lipinski definition) is 1. The van der Waals surface area contributed by atoms with Gasteiger partial charge in [0, 0.05) is 32.4 Å². The number of carbonyl (C=O) groups excluding carboxylic acids is 1. The molecule has 1 N–H and O–H groups in total. The molecule has 4 rings (SSSR count). The van der Waals surface area contributed by atoms with Crippen molar-refractivity contribution in [2.45, 2.75) is 19.3 Å². The Hall–Kier alpha value is -2.94. The third-order valence-corrected chi connectivity index (χ3v) is 4.56. The van der Waals surface area contributed by atoms with Crippen LogP contribution in [0, 0.1) is 0 Å². The molecule has 0 spiro atoms. The molecule has 3 heterocycles. The first-order valence-electron chi connectivity index (χ1n) is 8.88. The molecule has 0 bridgehead atoms. The summed E-state index contributed by atoms with van der Waals surface area (Å²) < 4.78 is 15.9. The molecule has 0 aliphatic carbocycles. The van der Waals surface area contributed by atoms with Crippen LogP contribution >= 0.6 is 0 Å². The van der Waals surface area contributed by atoms with Gasteiger partial charge in [-0.1, -0.05) is 6.07 Å². The second-order valence-corrected chi connectivity index (χ2v) is 6.41. The lowest BCUT2D eigenvalue weighted by Gasteiger charge is -2.26. The van der Waals surface area contributed by atoms with Crippen LogP contribution in [0.1, 0.15) is 23.5 Å². The Morgan fingerprint density at radius 2 is 1.96 bits per heavy atom. The lowest BCUT2D eigenvalue weighted by Crippen LogP contribution is -2.41. The highest BCUT2D eigenvalue weighted by Gasteiger charge is 2.18. The number of amides is 1. The predicted molar refractivity (Wildman–Crippen MR) is 93.7 cm³/mol. The number of rotatable bonds is 5. The summed E-state index contributed by atoms with van der Waals surface area (Å²) in [6.07, 6.45) is 0.925. The van der Waals surface area contributed by atoms with E-state index < -0.39 is 0 Å². The van der Waals surface area contributed by atoms with Crippen molar-refractivity contribution in [3.05, 3.63) is 45.6 Å². The quantitative estimate of drug-likeness (QED) is 0.803. The van der Waals surface area contributed by atoms with Crippen LogP contribution in [-0.2, 0) is 22.4 Å². The van der Waals surface area contributed by atoms with Crippen LogP contribution in [0.25, 0.3) is 0 Å². The number of ether oxygens (including phenoxy) is 3. The summed E-state index contributed by atoms with van der Waals surface area (Å²) in [5.41, 5.74) is 0.890. The summed E-state index contributed by atoms with van der Waals surface area (Å²) >= 11 is 0. The van der Waals surface area contributed by atoms with Crippen molar-refractivity contribution in [3.63, 3.8) is 0 Å². The zero-order valence-electron chi connectivity index (χ0n) is 14.8. The van der Waals surface area contributed by atoms with Gasteiger partial charge in [0.1, 0.15) is 11.5 Å². The molecule has 0 radical (unpaired) electrons. The van der Waals surface area contributed by atoms with Crippen molar-refractivity contribution in [2.75, 3.05) is 33.1 Å². The van der Waals surface area contributed by atoms with E-state index in [-0.39, 0.29) is 36.8 Å². The van der Waals surface area contributed by atoms with E-state index in [1.807, 2.05) is 18.2 Å². The summed E-state index contributed by atoms with van der Waals surface area (Å²) in [4.78, 5) is 28.9. The number of morpholine rings is 1. The van der Waals surface area contributed by atoms with E-state index in [9.17, 15) is 9.59 Å². The van der Waals surface area contributed by atoms with Crippen LogP contribution in [-0.4, -0.2) is 59.1 Å². The van der Waals surface area contributed by atoms with E-state index in [0.717, 1.165) is 5.56 Å². The standard InChI is InChI=1S/C18H20N4O5/c23-17(22-5-7-25-8-6-22)4-2-13-18(24)19-16(21-20-13)10-12-1-3-14-15(9-12)27-11-26-14/h1,3,9H,2,4-8,10-11H2,(H,19,21,24). The fourth-order valence-corrected chi connectivity index (χ4v) is 3.08. The van der Waals surface area contributed by atoms with Gasteiger partial charge in [-0.2, -0.15) is 0 Å². The highest BCUT2D eigenvalue weighted by atomic mass is 16.7. The summed E-state index contributed by atoms with van der Waals surface area (Å²) in [6.45, 7) is 2.51. The minimum atomic E-state index is -0.310. The number of carbonyl (C=O) groups is 1. The summed E-state index contributed by atoms with van der Waals surface area (Å²) in [5.74, 6) is 1.85. The number of hydrogen-bond acceptors (Lipinski definition) is 7. The first kappa shape index (κ1) is 17.5. The Morgan fingerprint density at radius 1 is 1.15 bits per heavy atom. The largest absolute Gasteiger partial charge is 0.454 e. The molecule has 142 valence electrons. The van der Waals surface area contributed by atoms with Gasteiger partial charge in [0.2, 0.25) is 12.7 Å². The van der Waals surface area contributed by atoms with Crippen molar-refractivity contribution >= 4 is 5.91 Å². The van der Waals surface area contributed by atoms with Gasteiger partial charge in [-0.3, -0.25) is 9.59 Å². The van der Waals surface area contributed by atoms with Gasteiger partial charge in [-0.05, 0) is 17.7 Å². The maximum Gasteiger partial charge on any atom is 0.272 e. The predicted octanol–water partition coefficient (Wildman–Crippen LogP) is 0.276. The Kier molecular flexibility index (Phi) is 5.01. The van der Waals surface area contributed by atoms with Crippen LogP contribution in [0.4, 0.5) is 0 Å². The first-order valence-corrected chi connectivity index (χ1v) is 8.88. The van der Waals surface area contributed by atoms with Crippen molar-refractivity contribution in [1.29, 1.82) is 0 Å². The highest BCUT2D eigenvalue weighted by Crippen LogP contribution is 2.32.